The molecule has 9 nitrogen and oxygen atoms in total. The maximum Gasteiger partial charge on any atom is 0.317 e. The Kier molecular flexibility index (Phi) is 4.29. The zero-order chi connectivity index (χ0) is 18.8. The number of tetrazole rings is 1. The number of nitrogens with zero attached hydrogens (tertiary/aromatic N) is 8. The summed E-state index contributed by atoms with van der Waals surface area (Å²) in [5.74, 6) is 0.510. The van der Waals surface area contributed by atoms with Crippen LogP contribution in [0.4, 0.5) is 4.39 Å². The summed E-state index contributed by atoms with van der Waals surface area (Å²) in [6, 6.07) is 8.65. The topological polar surface area (TPSA) is 96.4 Å². The highest BCUT2D eigenvalue weighted by Crippen LogP contribution is 2.19. The van der Waals surface area contributed by atoms with E-state index in [0.29, 0.717) is 17.7 Å². The van der Waals surface area contributed by atoms with E-state index in [2.05, 4.69) is 30.6 Å². The number of aromatic nitrogens is 8. The zero-order valence-corrected chi connectivity index (χ0v) is 14.6. The van der Waals surface area contributed by atoms with Gasteiger partial charge in [-0.05, 0) is 42.0 Å². The molecule has 136 valence electrons. The van der Waals surface area contributed by atoms with Gasteiger partial charge in [0.05, 0.1) is 0 Å². The van der Waals surface area contributed by atoms with Crippen molar-refractivity contribution in [2.24, 2.45) is 7.05 Å². The van der Waals surface area contributed by atoms with E-state index < -0.39 is 5.82 Å². The van der Waals surface area contributed by atoms with Gasteiger partial charge in [-0.15, -0.1) is 20.1 Å². The fourth-order valence-corrected chi connectivity index (χ4v) is 2.50. The molecule has 0 aliphatic heterocycles. The van der Waals surface area contributed by atoms with Crippen LogP contribution in [-0.2, 0) is 13.7 Å². The maximum atomic E-state index is 13.9. The van der Waals surface area contributed by atoms with Crippen LogP contribution >= 0.6 is 0 Å². The van der Waals surface area contributed by atoms with E-state index >= 15 is 0 Å². The van der Waals surface area contributed by atoms with Gasteiger partial charge in [0.15, 0.2) is 18.2 Å². The van der Waals surface area contributed by atoms with Crippen LogP contribution in [0.25, 0.3) is 17.1 Å². The lowest BCUT2D eigenvalue weighted by Gasteiger charge is -2.04. The van der Waals surface area contributed by atoms with Crippen molar-refractivity contribution < 1.29 is 9.13 Å². The van der Waals surface area contributed by atoms with Crippen molar-refractivity contribution in [1.29, 1.82) is 0 Å². The predicted molar refractivity (Wildman–Crippen MR) is 92.4 cm³/mol. The minimum atomic E-state index is -0.430. The van der Waals surface area contributed by atoms with Crippen molar-refractivity contribution in [1.82, 2.24) is 40.0 Å². The second kappa shape index (κ2) is 6.90. The highest BCUT2D eigenvalue weighted by Gasteiger charge is 2.14. The molecule has 3 aromatic heterocycles. The molecule has 0 atom stereocenters. The van der Waals surface area contributed by atoms with Gasteiger partial charge in [-0.25, -0.2) is 4.39 Å². The molecule has 27 heavy (non-hydrogen) atoms. The van der Waals surface area contributed by atoms with Gasteiger partial charge >= 0.3 is 6.01 Å². The maximum absolute atomic E-state index is 13.9. The monoisotopic (exact) mass is 366 g/mol. The molecule has 0 saturated heterocycles. The largest absolute Gasteiger partial charge is 0.455 e. The van der Waals surface area contributed by atoms with Crippen LogP contribution in [0.5, 0.6) is 6.01 Å². The Morgan fingerprint density at radius 1 is 1.07 bits per heavy atom. The summed E-state index contributed by atoms with van der Waals surface area (Å²) in [6.45, 7) is 1.88. The molecular weight excluding hydrogens is 351 g/mol. The second-order valence-electron chi connectivity index (χ2n) is 5.84. The Balaban J connectivity index is 1.50. The first-order valence-corrected chi connectivity index (χ1v) is 8.10. The van der Waals surface area contributed by atoms with Crippen molar-refractivity contribution in [2.45, 2.75) is 13.5 Å². The molecule has 3 heterocycles. The third kappa shape index (κ3) is 3.36. The van der Waals surface area contributed by atoms with E-state index in [-0.39, 0.29) is 12.3 Å². The van der Waals surface area contributed by atoms with Gasteiger partial charge in [-0.2, -0.15) is 0 Å². The molecular formula is C17H15FN8O. The minimum absolute atomic E-state index is 0.0236. The van der Waals surface area contributed by atoms with Gasteiger partial charge in [0.25, 0.3) is 0 Å². The molecule has 4 rings (SSSR count). The van der Waals surface area contributed by atoms with Crippen molar-refractivity contribution in [3.63, 3.8) is 0 Å². The highest BCUT2D eigenvalue weighted by atomic mass is 19.1. The lowest BCUT2D eigenvalue weighted by Crippen LogP contribution is -2.05. The van der Waals surface area contributed by atoms with E-state index in [0.717, 1.165) is 15.9 Å². The molecule has 0 aliphatic rings. The van der Waals surface area contributed by atoms with E-state index in [1.54, 1.807) is 36.1 Å². The molecule has 0 amide bonds. The molecule has 0 fully saturated rings. The summed E-state index contributed by atoms with van der Waals surface area (Å²) in [7, 11) is 1.79. The van der Waals surface area contributed by atoms with E-state index in [1.165, 1.54) is 6.07 Å². The van der Waals surface area contributed by atoms with Crippen molar-refractivity contribution >= 4 is 0 Å². The quantitative estimate of drug-likeness (QED) is 0.532. The van der Waals surface area contributed by atoms with Crippen LogP contribution in [-0.4, -0.2) is 40.0 Å². The zero-order valence-electron chi connectivity index (χ0n) is 14.6. The van der Waals surface area contributed by atoms with Gasteiger partial charge in [0.1, 0.15) is 5.69 Å². The summed E-state index contributed by atoms with van der Waals surface area (Å²) in [4.78, 5) is 5.12. The average molecular weight is 366 g/mol. The summed E-state index contributed by atoms with van der Waals surface area (Å²) in [5, 5.41) is 20.1. The Hall–Kier alpha value is -3.69. The third-order valence-electron chi connectivity index (χ3n) is 3.88. The Morgan fingerprint density at radius 3 is 2.70 bits per heavy atom. The molecule has 10 heteroatoms. The van der Waals surface area contributed by atoms with Crippen LogP contribution in [0, 0.1) is 12.7 Å². The SMILES string of the molecule is Cc1ccc(F)c(-n2nnc(COc3nnc(-c4ccncc4)n3C)n2)c1. The standard InChI is InChI=1S/C17H15FN8O/c1-11-3-4-13(18)14(9-11)26-23-15(20-24-26)10-27-17-22-21-16(25(17)2)12-5-7-19-8-6-12/h3-9H,10H2,1-2H3. The number of halogens is 1. The summed E-state index contributed by atoms with van der Waals surface area (Å²) < 4.78 is 21.3. The number of hydrogen-bond donors (Lipinski definition) is 0. The van der Waals surface area contributed by atoms with Crippen LogP contribution in [0.1, 0.15) is 11.4 Å². The number of ether oxygens (including phenoxy) is 1. The first-order chi connectivity index (χ1) is 13.1. The molecule has 0 bridgehead atoms. The molecule has 0 aliphatic carbocycles. The van der Waals surface area contributed by atoms with Gasteiger partial charge in [-0.1, -0.05) is 11.2 Å². The summed E-state index contributed by atoms with van der Waals surface area (Å²) in [6.07, 6.45) is 3.36. The molecule has 0 saturated carbocycles. The van der Waals surface area contributed by atoms with Crippen molar-refractivity contribution in [3.8, 4) is 23.1 Å². The normalized spacial score (nSPS) is 10.9. The van der Waals surface area contributed by atoms with E-state index in [9.17, 15) is 4.39 Å². The van der Waals surface area contributed by atoms with Crippen LogP contribution in [0.3, 0.4) is 0 Å². The van der Waals surface area contributed by atoms with E-state index in [1.807, 2.05) is 19.1 Å². The van der Waals surface area contributed by atoms with Crippen LogP contribution < -0.4 is 4.74 Å². The molecule has 0 N–H and O–H groups in total. The second-order valence-corrected chi connectivity index (χ2v) is 5.84. The number of pyridine rings is 1. The average Bonchev–Trinajstić information content (AvgIpc) is 3.29. The molecule has 0 spiro atoms. The number of hydrogen-bond acceptors (Lipinski definition) is 7. The predicted octanol–water partition coefficient (Wildman–Crippen LogP) is 1.88. The van der Waals surface area contributed by atoms with Crippen molar-refractivity contribution in [2.75, 3.05) is 0 Å². The Morgan fingerprint density at radius 2 is 1.89 bits per heavy atom. The first-order valence-electron chi connectivity index (χ1n) is 8.10. The van der Waals surface area contributed by atoms with Gasteiger partial charge in [-0.3, -0.25) is 9.55 Å². The first kappa shape index (κ1) is 16.8. The van der Waals surface area contributed by atoms with Crippen molar-refractivity contribution in [3.05, 3.63) is 59.9 Å². The molecule has 4 aromatic rings. The lowest BCUT2D eigenvalue weighted by atomic mass is 10.2. The fraction of sp³-hybridized carbons (Fsp3) is 0.176. The summed E-state index contributed by atoms with van der Waals surface area (Å²) in [5.41, 5.74) is 1.99. The number of benzene rings is 1. The fourth-order valence-electron chi connectivity index (χ4n) is 2.50. The number of aryl methyl sites for hydroxylation is 1. The third-order valence-corrected chi connectivity index (χ3v) is 3.88. The minimum Gasteiger partial charge on any atom is -0.455 e. The van der Waals surface area contributed by atoms with Gasteiger partial charge < -0.3 is 4.74 Å². The highest BCUT2D eigenvalue weighted by molar-refractivity contribution is 5.54. The van der Waals surface area contributed by atoms with E-state index in [4.69, 9.17) is 4.74 Å². The number of rotatable bonds is 5. The molecule has 0 radical (unpaired) electrons. The van der Waals surface area contributed by atoms with Crippen LogP contribution in [0.2, 0.25) is 0 Å². The Labute approximate surface area is 153 Å². The van der Waals surface area contributed by atoms with Gasteiger partial charge in [0.2, 0.25) is 5.82 Å². The smallest absolute Gasteiger partial charge is 0.317 e. The Bertz CT molecular complexity index is 1080. The molecule has 1 aromatic carbocycles. The molecule has 0 unspecified atom stereocenters. The van der Waals surface area contributed by atoms with Gasteiger partial charge in [0, 0.05) is 25.0 Å². The van der Waals surface area contributed by atoms with Crippen LogP contribution in [0.15, 0.2) is 42.7 Å². The lowest BCUT2D eigenvalue weighted by molar-refractivity contribution is 0.262. The summed E-state index contributed by atoms with van der Waals surface area (Å²) >= 11 is 0.